The third-order valence-electron chi connectivity index (χ3n) is 2.98. The van der Waals surface area contributed by atoms with Crippen LogP contribution in [0.25, 0.3) is 11.4 Å². The number of aromatic nitrogens is 2. The van der Waals surface area contributed by atoms with Crippen LogP contribution in [0.3, 0.4) is 0 Å². The summed E-state index contributed by atoms with van der Waals surface area (Å²) in [6.07, 6.45) is 0. The van der Waals surface area contributed by atoms with Crippen LogP contribution >= 0.6 is 0 Å². The Kier molecular flexibility index (Phi) is 3.65. The topological polar surface area (TPSA) is 45.8 Å². The number of hydrogen-bond acceptors (Lipinski definition) is 2. The van der Waals surface area contributed by atoms with E-state index >= 15 is 0 Å². The molecule has 0 radical (unpaired) electrons. The van der Waals surface area contributed by atoms with Crippen LogP contribution in [0.4, 0.5) is 13.2 Å². The highest BCUT2D eigenvalue weighted by Crippen LogP contribution is 2.22. The highest BCUT2D eigenvalue weighted by molar-refractivity contribution is 5.55. The average molecular weight is 282 g/mol. The Hall–Kier alpha value is -2.11. The lowest BCUT2D eigenvalue weighted by molar-refractivity contribution is 0.447. The van der Waals surface area contributed by atoms with Crippen molar-refractivity contribution in [3.63, 3.8) is 0 Å². The highest BCUT2D eigenvalue weighted by Gasteiger charge is 2.16. The van der Waals surface area contributed by atoms with Gasteiger partial charge in [0.05, 0.1) is 0 Å². The van der Waals surface area contributed by atoms with Crippen LogP contribution in [-0.4, -0.2) is 9.97 Å². The van der Waals surface area contributed by atoms with E-state index in [0.29, 0.717) is 11.3 Å². The Morgan fingerprint density at radius 2 is 1.70 bits per heavy atom. The molecule has 0 unspecified atom stereocenters. The molecule has 1 heterocycles. The fourth-order valence-electron chi connectivity index (χ4n) is 2.10. The summed E-state index contributed by atoms with van der Waals surface area (Å²) < 4.78 is 39.3. The summed E-state index contributed by atoms with van der Waals surface area (Å²) in [5.41, 5.74) is 0.602. The molecule has 0 atom stereocenters. The molecule has 1 aromatic carbocycles. The predicted octanol–water partition coefficient (Wildman–Crippen LogP) is 3.29. The molecule has 0 aliphatic carbocycles. The fourth-order valence-corrected chi connectivity index (χ4v) is 2.10. The van der Waals surface area contributed by atoms with E-state index in [9.17, 15) is 18.0 Å². The first-order chi connectivity index (χ1) is 9.31. The number of benzene rings is 1. The van der Waals surface area contributed by atoms with Crippen molar-refractivity contribution in [3.05, 3.63) is 51.2 Å². The molecular weight excluding hydrogens is 269 g/mol. The third kappa shape index (κ3) is 2.45. The van der Waals surface area contributed by atoms with Crippen LogP contribution in [0.15, 0.2) is 16.9 Å². The van der Waals surface area contributed by atoms with Crippen LogP contribution in [0.1, 0.15) is 31.0 Å². The van der Waals surface area contributed by atoms with E-state index < -0.39 is 17.5 Å². The maximum Gasteiger partial charge on any atom is 0.254 e. The van der Waals surface area contributed by atoms with E-state index in [-0.39, 0.29) is 22.9 Å². The van der Waals surface area contributed by atoms with Crippen molar-refractivity contribution in [3.8, 4) is 11.4 Å². The molecule has 1 aromatic heterocycles. The molecule has 0 spiro atoms. The molecule has 0 aliphatic heterocycles. The van der Waals surface area contributed by atoms with Gasteiger partial charge in [0.2, 0.25) is 0 Å². The van der Waals surface area contributed by atoms with E-state index in [4.69, 9.17) is 0 Å². The second-order valence-electron chi connectivity index (χ2n) is 4.82. The molecule has 0 aliphatic rings. The lowest BCUT2D eigenvalue weighted by atomic mass is 10.0. The minimum atomic E-state index is -1.55. The number of H-pyrrole nitrogens is 1. The molecule has 6 heteroatoms. The molecule has 0 saturated heterocycles. The smallest absolute Gasteiger partial charge is 0.254 e. The molecule has 0 fully saturated rings. The number of halogens is 3. The van der Waals surface area contributed by atoms with Gasteiger partial charge in [-0.15, -0.1) is 0 Å². The summed E-state index contributed by atoms with van der Waals surface area (Å²) in [6.45, 7) is 5.33. The van der Waals surface area contributed by atoms with Crippen LogP contribution in [0, 0.1) is 24.4 Å². The molecule has 1 N–H and O–H groups in total. The largest absolute Gasteiger partial charge is 0.306 e. The van der Waals surface area contributed by atoms with Gasteiger partial charge in [0.15, 0.2) is 17.5 Å². The van der Waals surface area contributed by atoms with Crippen molar-refractivity contribution >= 4 is 0 Å². The first-order valence-electron chi connectivity index (χ1n) is 6.07. The van der Waals surface area contributed by atoms with E-state index in [1.54, 1.807) is 6.92 Å². The fraction of sp³-hybridized carbons (Fsp3) is 0.286. The van der Waals surface area contributed by atoms with Crippen molar-refractivity contribution in [2.24, 2.45) is 0 Å². The van der Waals surface area contributed by atoms with Gasteiger partial charge in [-0.05, 0) is 25.0 Å². The van der Waals surface area contributed by atoms with Crippen LogP contribution in [0.5, 0.6) is 0 Å². The SMILES string of the molecule is Cc1nc(-c2cc(F)c(F)c(F)c2)[nH]c(=O)c1C(C)C. The predicted molar refractivity (Wildman–Crippen MR) is 69.0 cm³/mol. The maximum absolute atomic E-state index is 13.2. The first-order valence-corrected chi connectivity index (χ1v) is 6.07. The molecule has 20 heavy (non-hydrogen) atoms. The molecule has 2 rings (SSSR count). The second kappa shape index (κ2) is 5.11. The van der Waals surface area contributed by atoms with Gasteiger partial charge >= 0.3 is 0 Å². The number of hydrogen-bond donors (Lipinski definition) is 1. The van der Waals surface area contributed by atoms with E-state index in [0.717, 1.165) is 12.1 Å². The Balaban J connectivity index is 2.63. The molecule has 0 saturated carbocycles. The second-order valence-corrected chi connectivity index (χ2v) is 4.82. The molecule has 3 nitrogen and oxygen atoms in total. The summed E-state index contributed by atoms with van der Waals surface area (Å²) in [5.74, 6) is -4.22. The van der Waals surface area contributed by atoms with E-state index in [1.807, 2.05) is 13.8 Å². The van der Waals surface area contributed by atoms with E-state index in [1.165, 1.54) is 0 Å². The summed E-state index contributed by atoms with van der Waals surface area (Å²) >= 11 is 0. The minimum absolute atomic E-state index is 0.00898. The van der Waals surface area contributed by atoms with Gasteiger partial charge in [0.25, 0.3) is 5.56 Å². The minimum Gasteiger partial charge on any atom is -0.306 e. The van der Waals surface area contributed by atoms with Gasteiger partial charge in [0.1, 0.15) is 5.82 Å². The van der Waals surface area contributed by atoms with Crippen molar-refractivity contribution in [2.75, 3.05) is 0 Å². The standard InChI is InChI=1S/C14H13F3N2O/c1-6(2)11-7(3)18-13(19-14(11)20)8-4-9(15)12(17)10(16)5-8/h4-6H,1-3H3,(H,18,19,20). The van der Waals surface area contributed by atoms with E-state index in [2.05, 4.69) is 9.97 Å². The lowest BCUT2D eigenvalue weighted by Crippen LogP contribution is -2.18. The zero-order valence-electron chi connectivity index (χ0n) is 11.2. The summed E-state index contributed by atoms with van der Waals surface area (Å²) in [4.78, 5) is 18.5. The zero-order valence-corrected chi connectivity index (χ0v) is 11.2. The molecule has 106 valence electrons. The highest BCUT2D eigenvalue weighted by atomic mass is 19.2. The maximum atomic E-state index is 13.2. The molecule has 2 aromatic rings. The van der Waals surface area contributed by atoms with Crippen molar-refractivity contribution in [1.29, 1.82) is 0 Å². The van der Waals surface area contributed by atoms with Gasteiger partial charge in [-0.2, -0.15) is 0 Å². The summed E-state index contributed by atoms with van der Waals surface area (Å²) in [5, 5.41) is 0. The number of aromatic amines is 1. The van der Waals surface area contributed by atoms with Gasteiger partial charge in [-0.3, -0.25) is 4.79 Å². The number of rotatable bonds is 2. The van der Waals surface area contributed by atoms with Crippen LogP contribution in [-0.2, 0) is 0 Å². The molecular formula is C14H13F3N2O. The van der Waals surface area contributed by atoms with Crippen LogP contribution in [0.2, 0.25) is 0 Å². The molecule has 0 amide bonds. The zero-order chi connectivity index (χ0) is 15.0. The third-order valence-corrected chi connectivity index (χ3v) is 2.98. The monoisotopic (exact) mass is 282 g/mol. The first kappa shape index (κ1) is 14.3. The number of nitrogens with zero attached hydrogens (tertiary/aromatic N) is 1. The van der Waals surface area contributed by atoms with Gasteiger partial charge in [-0.25, -0.2) is 18.2 Å². The summed E-state index contributed by atoms with van der Waals surface area (Å²) in [7, 11) is 0. The number of nitrogens with one attached hydrogen (secondary N) is 1. The Morgan fingerprint density at radius 1 is 1.15 bits per heavy atom. The van der Waals surface area contributed by atoms with Gasteiger partial charge in [0, 0.05) is 16.8 Å². The van der Waals surface area contributed by atoms with Gasteiger partial charge in [-0.1, -0.05) is 13.8 Å². The molecule has 0 bridgehead atoms. The normalized spacial score (nSPS) is 11.2. The Bertz CT molecular complexity index is 700. The average Bonchev–Trinajstić information content (AvgIpc) is 2.33. The Morgan fingerprint density at radius 3 is 2.15 bits per heavy atom. The van der Waals surface area contributed by atoms with Crippen LogP contribution < -0.4 is 5.56 Å². The number of aryl methyl sites for hydroxylation is 1. The van der Waals surface area contributed by atoms with Crippen molar-refractivity contribution in [2.45, 2.75) is 26.7 Å². The summed E-state index contributed by atoms with van der Waals surface area (Å²) in [6, 6.07) is 1.59. The lowest BCUT2D eigenvalue weighted by Gasteiger charge is -2.10. The van der Waals surface area contributed by atoms with Gasteiger partial charge < -0.3 is 4.98 Å². The van der Waals surface area contributed by atoms with Crippen molar-refractivity contribution < 1.29 is 13.2 Å². The Labute approximate surface area is 113 Å². The van der Waals surface area contributed by atoms with Crippen molar-refractivity contribution in [1.82, 2.24) is 9.97 Å². The quantitative estimate of drug-likeness (QED) is 0.859.